The Labute approximate surface area is 198 Å². The maximum atomic E-state index is 13.9. The lowest BCUT2D eigenvalue weighted by atomic mass is 10.0. The molecule has 0 atom stereocenters. The highest BCUT2D eigenvalue weighted by Crippen LogP contribution is 2.39. The Morgan fingerprint density at radius 3 is 1.85 bits per heavy atom. The zero-order valence-electron chi connectivity index (χ0n) is 19.6. The summed E-state index contributed by atoms with van der Waals surface area (Å²) >= 11 is 0. The van der Waals surface area contributed by atoms with Crippen molar-refractivity contribution in [1.82, 2.24) is 0 Å². The molecule has 0 unspecified atom stereocenters. The highest BCUT2D eigenvalue weighted by Gasteiger charge is 2.43. The van der Waals surface area contributed by atoms with Gasteiger partial charge in [0.2, 0.25) is 0 Å². The number of rotatable bonds is 8. The van der Waals surface area contributed by atoms with Crippen LogP contribution in [0.25, 0.3) is 5.57 Å². The molecule has 0 saturated carbocycles. The Morgan fingerprint density at radius 1 is 0.735 bits per heavy atom. The first kappa shape index (κ1) is 22.9. The normalized spacial score (nSPS) is 13.4. The lowest BCUT2D eigenvalue weighted by molar-refractivity contribution is -0.120. The fraction of sp³-hybridized carbons (Fsp3) is 0.185. The molecule has 0 aromatic heterocycles. The predicted molar refractivity (Wildman–Crippen MR) is 131 cm³/mol. The number of likely N-dealkylation sites (N-methyl/N-ethyl adjacent to an activating group) is 1. The molecule has 1 aliphatic heterocycles. The number of methoxy groups -OCH3 is 3. The van der Waals surface area contributed by atoms with E-state index in [1.165, 1.54) is 19.1 Å². The van der Waals surface area contributed by atoms with Gasteiger partial charge in [0, 0.05) is 30.4 Å². The molecule has 0 fully saturated rings. The summed E-state index contributed by atoms with van der Waals surface area (Å²) in [6.45, 7) is 2.44. The van der Waals surface area contributed by atoms with E-state index in [1.54, 1.807) is 49.6 Å². The molecule has 7 nitrogen and oxygen atoms in total. The summed E-state index contributed by atoms with van der Waals surface area (Å²) in [4.78, 5) is 30.8. The number of imide groups is 1. The maximum Gasteiger partial charge on any atom is 0.282 e. The third kappa shape index (κ3) is 4.08. The highest BCUT2D eigenvalue weighted by atomic mass is 16.5. The van der Waals surface area contributed by atoms with Gasteiger partial charge in [-0.15, -0.1) is 0 Å². The highest BCUT2D eigenvalue weighted by molar-refractivity contribution is 6.46. The fourth-order valence-corrected chi connectivity index (χ4v) is 4.02. The summed E-state index contributed by atoms with van der Waals surface area (Å²) in [7, 11) is 4.62. The Kier molecular flexibility index (Phi) is 6.54. The minimum Gasteiger partial charge on any atom is -0.497 e. The van der Waals surface area contributed by atoms with E-state index in [0.29, 0.717) is 46.3 Å². The third-order valence-electron chi connectivity index (χ3n) is 5.69. The van der Waals surface area contributed by atoms with Gasteiger partial charge in [-0.1, -0.05) is 30.3 Å². The van der Waals surface area contributed by atoms with Gasteiger partial charge in [0.15, 0.2) is 0 Å². The number of hydrogen-bond acceptors (Lipinski definition) is 6. The number of ether oxygens (including phenoxy) is 3. The van der Waals surface area contributed by atoms with E-state index in [4.69, 9.17) is 14.2 Å². The predicted octanol–water partition coefficient (Wildman–Crippen LogP) is 4.52. The largest absolute Gasteiger partial charge is 0.497 e. The van der Waals surface area contributed by atoms with E-state index in [1.807, 2.05) is 42.2 Å². The van der Waals surface area contributed by atoms with Gasteiger partial charge in [-0.05, 0) is 36.8 Å². The summed E-state index contributed by atoms with van der Waals surface area (Å²) in [5.74, 6) is 0.772. The zero-order valence-corrected chi connectivity index (χ0v) is 19.6. The van der Waals surface area contributed by atoms with Crippen LogP contribution in [0.5, 0.6) is 17.2 Å². The standard InChI is InChI=1S/C27H26N2O5/c1-5-28(19-9-7-6-8-10-19)25-24(18-11-13-21(32-2)14-12-18)26(30)29(27(25)31)20-15-22(33-3)17-23(16-20)34-4/h6-17H,5H2,1-4H3. The Hall–Kier alpha value is -4.26. The molecule has 3 aromatic carbocycles. The van der Waals surface area contributed by atoms with E-state index in [-0.39, 0.29) is 0 Å². The van der Waals surface area contributed by atoms with Crippen LogP contribution >= 0.6 is 0 Å². The maximum absolute atomic E-state index is 13.9. The minimum absolute atomic E-state index is 0.311. The van der Waals surface area contributed by atoms with Gasteiger partial charge in [-0.2, -0.15) is 0 Å². The van der Waals surface area contributed by atoms with Crippen LogP contribution in [0.2, 0.25) is 0 Å². The molecule has 0 aliphatic carbocycles. The molecule has 0 saturated heterocycles. The first-order chi connectivity index (χ1) is 16.5. The molecule has 7 heteroatoms. The van der Waals surface area contributed by atoms with Crippen LogP contribution in [-0.2, 0) is 9.59 Å². The molecule has 174 valence electrons. The molecule has 0 N–H and O–H groups in total. The summed E-state index contributed by atoms with van der Waals surface area (Å²) in [6, 6.07) is 21.6. The molecular formula is C27H26N2O5. The van der Waals surface area contributed by atoms with Crippen LogP contribution in [0.1, 0.15) is 12.5 Å². The first-order valence-electron chi connectivity index (χ1n) is 10.9. The number of hydrogen-bond donors (Lipinski definition) is 0. The Morgan fingerprint density at radius 2 is 1.32 bits per heavy atom. The van der Waals surface area contributed by atoms with Crippen molar-refractivity contribution in [3.8, 4) is 17.2 Å². The van der Waals surface area contributed by atoms with E-state index >= 15 is 0 Å². The summed E-state index contributed by atoms with van der Waals surface area (Å²) in [6.07, 6.45) is 0. The van der Waals surface area contributed by atoms with Crippen molar-refractivity contribution in [2.75, 3.05) is 37.7 Å². The summed E-state index contributed by atoms with van der Waals surface area (Å²) in [5.41, 5.74) is 2.44. The monoisotopic (exact) mass is 458 g/mol. The topological polar surface area (TPSA) is 68.3 Å². The number of anilines is 2. The zero-order chi connectivity index (χ0) is 24.2. The number of benzene rings is 3. The molecule has 1 aliphatic rings. The molecule has 3 aromatic rings. The van der Waals surface area contributed by atoms with Gasteiger partial charge in [0.1, 0.15) is 22.9 Å². The van der Waals surface area contributed by atoms with Gasteiger partial charge in [-0.25, -0.2) is 4.90 Å². The van der Waals surface area contributed by atoms with E-state index in [9.17, 15) is 9.59 Å². The fourth-order valence-electron chi connectivity index (χ4n) is 4.02. The molecule has 0 radical (unpaired) electrons. The quantitative estimate of drug-likeness (QED) is 0.462. The van der Waals surface area contributed by atoms with Crippen molar-refractivity contribution in [3.63, 3.8) is 0 Å². The van der Waals surface area contributed by atoms with E-state index in [2.05, 4.69) is 0 Å². The third-order valence-corrected chi connectivity index (χ3v) is 5.69. The SMILES string of the molecule is CCN(C1=C(c2ccc(OC)cc2)C(=O)N(c2cc(OC)cc(OC)c2)C1=O)c1ccccc1. The van der Waals surface area contributed by atoms with Gasteiger partial charge in [0.25, 0.3) is 11.8 Å². The molecule has 4 rings (SSSR count). The minimum atomic E-state index is -0.421. The number of carbonyl (C=O) groups is 2. The molecule has 0 spiro atoms. The molecule has 2 amide bonds. The van der Waals surface area contributed by atoms with Gasteiger partial charge in [0.05, 0.1) is 32.6 Å². The van der Waals surface area contributed by atoms with Crippen molar-refractivity contribution >= 4 is 28.8 Å². The molecule has 0 bridgehead atoms. The second-order valence-corrected chi connectivity index (χ2v) is 7.55. The second kappa shape index (κ2) is 9.70. The van der Waals surface area contributed by atoms with Crippen LogP contribution in [0.3, 0.4) is 0 Å². The average Bonchev–Trinajstić information content (AvgIpc) is 3.14. The Bertz CT molecular complexity index is 1210. The van der Waals surface area contributed by atoms with Crippen molar-refractivity contribution in [1.29, 1.82) is 0 Å². The van der Waals surface area contributed by atoms with Crippen LogP contribution in [0, 0.1) is 0 Å². The smallest absolute Gasteiger partial charge is 0.282 e. The van der Waals surface area contributed by atoms with Crippen molar-refractivity contribution < 1.29 is 23.8 Å². The van der Waals surface area contributed by atoms with Gasteiger partial charge in [-0.3, -0.25) is 9.59 Å². The van der Waals surface area contributed by atoms with Crippen molar-refractivity contribution in [2.24, 2.45) is 0 Å². The second-order valence-electron chi connectivity index (χ2n) is 7.55. The average molecular weight is 459 g/mol. The molecule has 34 heavy (non-hydrogen) atoms. The lowest BCUT2D eigenvalue weighted by Crippen LogP contribution is -2.35. The van der Waals surface area contributed by atoms with Gasteiger partial charge < -0.3 is 19.1 Å². The number of amides is 2. The molecule has 1 heterocycles. The van der Waals surface area contributed by atoms with E-state index < -0.39 is 11.8 Å². The number of nitrogens with zero attached hydrogens (tertiary/aromatic N) is 2. The van der Waals surface area contributed by atoms with Crippen LogP contribution in [0.4, 0.5) is 11.4 Å². The number of carbonyl (C=O) groups excluding carboxylic acids is 2. The van der Waals surface area contributed by atoms with Crippen LogP contribution < -0.4 is 24.0 Å². The van der Waals surface area contributed by atoms with Crippen LogP contribution in [0.15, 0.2) is 78.5 Å². The number of para-hydroxylation sites is 1. The summed E-state index contributed by atoms with van der Waals surface area (Å²) in [5, 5.41) is 0. The Balaban J connectivity index is 1.90. The first-order valence-corrected chi connectivity index (χ1v) is 10.9. The van der Waals surface area contributed by atoms with E-state index in [0.717, 1.165) is 5.69 Å². The van der Waals surface area contributed by atoms with Crippen LogP contribution in [-0.4, -0.2) is 39.7 Å². The summed E-state index contributed by atoms with van der Waals surface area (Å²) < 4.78 is 16.0. The lowest BCUT2D eigenvalue weighted by Gasteiger charge is -2.25. The van der Waals surface area contributed by atoms with Crippen molar-refractivity contribution in [3.05, 3.63) is 84.1 Å². The van der Waals surface area contributed by atoms with Gasteiger partial charge >= 0.3 is 0 Å². The molecular weight excluding hydrogens is 432 g/mol. The van der Waals surface area contributed by atoms with Crippen molar-refractivity contribution in [2.45, 2.75) is 6.92 Å².